The van der Waals surface area contributed by atoms with Crippen LogP contribution in [0.3, 0.4) is 0 Å². The van der Waals surface area contributed by atoms with Crippen molar-refractivity contribution in [1.82, 2.24) is 4.98 Å². The zero-order valence-electron chi connectivity index (χ0n) is 9.89. The molecule has 0 atom stereocenters. The third kappa shape index (κ3) is 3.13. The molecule has 94 valence electrons. The molecule has 0 aliphatic carbocycles. The largest absolute Gasteiger partial charge is 0.496 e. The van der Waals surface area contributed by atoms with E-state index in [1.165, 1.54) is 0 Å². The van der Waals surface area contributed by atoms with Crippen LogP contribution in [0, 0.1) is 0 Å². The fourth-order valence-electron chi connectivity index (χ4n) is 1.51. The molecule has 0 radical (unpaired) electrons. The van der Waals surface area contributed by atoms with Crippen LogP contribution in [0.2, 0.25) is 0 Å². The number of methoxy groups -OCH3 is 1. The van der Waals surface area contributed by atoms with E-state index in [1.54, 1.807) is 25.6 Å². The lowest BCUT2D eigenvalue weighted by Crippen LogP contribution is -2.00. The molecule has 0 aliphatic rings. The van der Waals surface area contributed by atoms with Crippen LogP contribution in [0.15, 0.2) is 41.1 Å². The predicted octanol–water partition coefficient (Wildman–Crippen LogP) is 3.01. The second kappa shape index (κ2) is 5.73. The van der Waals surface area contributed by atoms with Gasteiger partial charge in [0.1, 0.15) is 18.1 Å². The summed E-state index contributed by atoms with van der Waals surface area (Å²) in [7, 11) is 1.61. The second-order valence-electron chi connectivity index (χ2n) is 3.70. The van der Waals surface area contributed by atoms with Crippen LogP contribution < -0.4 is 15.2 Å². The molecule has 0 aliphatic heterocycles. The number of nitrogens with zero attached hydrogens (tertiary/aromatic N) is 1. The van der Waals surface area contributed by atoms with Gasteiger partial charge in [0, 0.05) is 28.0 Å². The van der Waals surface area contributed by atoms with Crippen molar-refractivity contribution in [2.75, 3.05) is 12.8 Å². The van der Waals surface area contributed by atoms with E-state index in [9.17, 15) is 0 Å². The summed E-state index contributed by atoms with van der Waals surface area (Å²) in [6.45, 7) is 0.404. The highest BCUT2D eigenvalue weighted by Gasteiger charge is 2.04. The van der Waals surface area contributed by atoms with Crippen molar-refractivity contribution in [3.05, 3.63) is 46.7 Å². The normalized spacial score (nSPS) is 10.1. The first-order valence-electron chi connectivity index (χ1n) is 5.35. The molecule has 0 bridgehead atoms. The zero-order valence-corrected chi connectivity index (χ0v) is 11.5. The number of anilines is 1. The Balaban J connectivity index is 2.10. The monoisotopic (exact) mass is 308 g/mol. The first-order chi connectivity index (χ1) is 8.69. The fraction of sp³-hybridized carbons (Fsp3) is 0.154. The van der Waals surface area contributed by atoms with E-state index in [2.05, 4.69) is 20.9 Å². The highest BCUT2D eigenvalue weighted by Crippen LogP contribution is 2.24. The topological polar surface area (TPSA) is 57.4 Å². The van der Waals surface area contributed by atoms with Crippen molar-refractivity contribution in [3.63, 3.8) is 0 Å². The summed E-state index contributed by atoms with van der Waals surface area (Å²) in [5.41, 5.74) is 7.30. The number of ether oxygens (including phenoxy) is 2. The quantitative estimate of drug-likeness (QED) is 0.882. The van der Waals surface area contributed by atoms with Crippen molar-refractivity contribution < 1.29 is 9.47 Å². The van der Waals surface area contributed by atoms with E-state index < -0.39 is 0 Å². The highest BCUT2D eigenvalue weighted by molar-refractivity contribution is 9.10. The molecule has 1 heterocycles. The first-order valence-corrected chi connectivity index (χ1v) is 6.14. The molecule has 0 fully saturated rings. The molecule has 1 aromatic carbocycles. The minimum atomic E-state index is 0.404. The van der Waals surface area contributed by atoms with E-state index in [0.717, 1.165) is 15.8 Å². The molecule has 0 amide bonds. The van der Waals surface area contributed by atoms with Gasteiger partial charge < -0.3 is 15.2 Å². The van der Waals surface area contributed by atoms with E-state index in [0.29, 0.717) is 18.0 Å². The summed E-state index contributed by atoms with van der Waals surface area (Å²) in [6.07, 6.45) is 3.37. The number of rotatable bonds is 4. The molecule has 2 rings (SSSR count). The Morgan fingerprint density at radius 1 is 1.28 bits per heavy atom. The number of benzene rings is 1. The standard InChI is InChI=1S/C13H13BrN2O2/c1-17-13-5-11(15)3-2-9(13)8-18-12-4-10(14)6-16-7-12/h2-7H,8,15H2,1H3. The summed E-state index contributed by atoms with van der Waals surface area (Å²) in [5.74, 6) is 1.42. The van der Waals surface area contributed by atoms with Crippen LogP contribution in [0.4, 0.5) is 5.69 Å². The molecule has 4 nitrogen and oxygen atoms in total. The van der Waals surface area contributed by atoms with E-state index >= 15 is 0 Å². The molecule has 0 unspecified atom stereocenters. The van der Waals surface area contributed by atoms with Crippen LogP contribution in [0.5, 0.6) is 11.5 Å². The lowest BCUT2D eigenvalue weighted by molar-refractivity contribution is 0.295. The van der Waals surface area contributed by atoms with Gasteiger partial charge in [0.05, 0.1) is 13.3 Å². The predicted molar refractivity (Wildman–Crippen MR) is 73.7 cm³/mol. The lowest BCUT2D eigenvalue weighted by atomic mass is 10.2. The molecule has 0 saturated carbocycles. The molecular formula is C13H13BrN2O2. The van der Waals surface area contributed by atoms with Gasteiger partial charge in [0.2, 0.25) is 0 Å². The Morgan fingerprint density at radius 2 is 2.11 bits per heavy atom. The second-order valence-corrected chi connectivity index (χ2v) is 4.61. The summed E-state index contributed by atoms with van der Waals surface area (Å²) in [5, 5.41) is 0. The number of halogens is 1. The van der Waals surface area contributed by atoms with Crippen LogP contribution in [0.25, 0.3) is 0 Å². The van der Waals surface area contributed by atoms with Crippen molar-refractivity contribution >= 4 is 21.6 Å². The van der Waals surface area contributed by atoms with Gasteiger partial charge in [0.15, 0.2) is 0 Å². The van der Waals surface area contributed by atoms with Gasteiger partial charge >= 0.3 is 0 Å². The third-order valence-corrected chi connectivity index (χ3v) is 2.82. The number of nitrogen functional groups attached to an aromatic ring is 1. The summed E-state index contributed by atoms with van der Waals surface area (Å²) < 4.78 is 11.8. The Morgan fingerprint density at radius 3 is 2.83 bits per heavy atom. The lowest BCUT2D eigenvalue weighted by Gasteiger charge is -2.10. The summed E-state index contributed by atoms with van der Waals surface area (Å²) >= 11 is 3.34. The molecular weight excluding hydrogens is 296 g/mol. The Hall–Kier alpha value is -1.75. The molecule has 0 saturated heterocycles. The first kappa shape index (κ1) is 12.7. The van der Waals surface area contributed by atoms with Gasteiger partial charge in [0.25, 0.3) is 0 Å². The molecule has 18 heavy (non-hydrogen) atoms. The maximum absolute atomic E-state index is 5.69. The average Bonchev–Trinajstić information content (AvgIpc) is 2.37. The summed E-state index contributed by atoms with van der Waals surface area (Å²) in [6, 6.07) is 7.34. The SMILES string of the molecule is COc1cc(N)ccc1COc1cncc(Br)c1. The highest BCUT2D eigenvalue weighted by atomic mass is 79.9. The van der Waals surface area contributed by atoms with Gasteiger partial charge in [-0.05, 0) is 34.1 Å². The molecule has 2 N–H and O–H groups in total. The van der Waals surface area contributed by atoms with Gasteiger partial charge in [-0.15, -0.1) is 0 Å². The van der Waals surface area contributed by atoms with Gasteiger partial charge in [-0.3, -0.25) is 4.98 Å². The Kier molecular flexibility index (Phi) is 4.04. The van der Waals surface area contributed by atoms with Gasteiger partial charge in [-0.1, -0.05) is 0 Å². The number of pyridine rings is 1. The molecule has 1 aromatic heterocycles. The fourth-order valence-corrected chi connectivity index (χ4v) is 1.86. The van der Waals surface area contributed by atoms with Crippen molar-refractivity contribution in [1.29, 1.82) is 0 Å². The van der Waals surface area contributed by atoms with Gasteiger partial charge in [-0.25, -0.2) is 0 Å². The zero-order chi connectivity index (χ0) is 13.0. The number of nitrogens with two attached hydrogens (primary N) is 1. The maximum atomic E-state index is 5.69. The van der Waals surface area contributed by atoms with Crippen LogP contribution in [0.1, 0.15) is 5.56 Å². The van der Waals surface area contributed by atoms with Crippen LogP contribution in [-0.4, -0.2) is 12.1 Å². The minimum Gasteiger partial charge on any atom is -0.496 e. The average molecular weight is 309 g/mol. The van der Waals surface area contributed by atoms with Gasteiger partial charge in [-0.2, -0.15) is 0 Å². The smallest absolute Gasteiger partial charge is 0.139 e. The summed E-state index contributed by atoms with van der Waals surface area (Å²) in [4.78, 5) is 4.03. The molecule has 0 spiro atoms. The number of aromatic nitrogens is 1. The number of hydrogen-bond acceptors (Lipinski definition) is 4. The molecule has 2 aromatic rings. The third-order valence-electron chi connectivity index (χ3n) is 2.39. The molecule has 5 heteroatoms. The van der Waals surface area contributed by atoms with Crippen molar-refractivity contribution in [2.45, 2.75) is 6.61 Å². The van der Waals surface area contributed by atoms with Crippen LogP contribution in [-0.2, 0) is 6.61 Å². The van der Waals surface area contributed by atoms with Crippen molar-refractivity contribution in [3.8, 4) is 11.5 Å². The van der Waals surface area contributed by atoms with Crippen molar-refractivity contribution in [2.24, 2.45) is 0 Å². The Labute approximate surface area is 114 Å². The van der Waals surface area contributed by atoms with E-state index in [1.807, 2.05) is 18.2 Å². The van der Waals surface area contributed by atoms with E-state index in [-0.39, 0.29) is 0 Å². The Bertz CT molecular complexity index is 546. The maximum Gasteiger partial charge on any atom is 0.139 e. The minimum absolute atomic E-state index is 0.404. The number of hydrogen-bond donors (Lipinski definition) is 1. The van der Waals surface area contributed by atoms with Crippen LogP contribution >= 0.6 is 15.9 Å². The van der Waals surface area contributed by atoms with E-state index in [4.69, 9.17) is 15.2 Å².